The van der Waals surface area contributed by atoms with Crippen molar-refractivity contribution >= 4 is 29.5 Å². The maximum Gasteiger partial charge on any atom is 0.408 e. The zero-order valence-electron chi connectivity index (χ0n) is 25.3. The molecule has 2 aromatic rings. The molecule has 0 aliphatic carbocycles. The highest BCUT2D eigenvalue weighted by molar-refractivity contribution is 5.99. The van der Waals surface area contributed by atoms with Crippen LogP contribution in [0.25, 0.3) is 0 Å². The summed E-state index contributed by atoms with van der Waals surface area (Å²) in [6.07, 6.45) is 2.57. The van der Waals surface area contributed by atoms with Gasteiger partial charge in [0.25, 0.3) is 5.91 Å². The molecule has 9 heteroatoms. The molecule has 4 N–H and O–H groups in total. The summed E-state index contributed by atoms with van der Waals surface area (Å²) in [6, 6.07) is 12.8. The van der Waals surface area contributed by atoms with Crippen molar-refractivity contribution in [2.75, 3.05) is 11.9 Å². The molecule has 0 spiro atoms. The third kappa shape index (κ3) is 11.3. The first kappa shape index (κ1) is 33.3. The van der Waals surface area contributed by atoms with E-state index in [9.17, 15) is 19.2 Å². The van der Waals surface area contributed by atoms with E-state index in [2.05, 4.69) is 17.6 Å². The summed E-state index contributed by atoms with van der Waals surface area (Å²) >= 11 is 0. The van der Waals surface area contributed by atoms with Crippen molar-refractivity contribution in [2.24, 2.45) is 5.73 Å². The van der Waals surface area contributed by atoms with Crippen LogP contribution in [0.2, 0.25) is 0 Å². The number of amides is 4. The van der Waals surface area contributed by atoms with E-state index in [4.69, 9.17) is 10.5 Å². The van der Waals surface area contributed by atoms with Crippen molar-refractivity contribution in [3.05, 3.63) is 65.2 Å². The van der Waals surface area contributed by atoms with Crippen molar-refractivity contribution < 1.29 is 23.9 Å². The van der Waals surface area contributed by atoms with Crippen LogP contribution in [-0.2, 0) is 19.1 Å². The Morgan fingerprint density at radius 3 is 2.29 bits per heavy atom. The zero-order chi connectivity index (χ0) is 30.6. The van der Waals surface area contributed by atoms with Crippen molar-refractivity contribution in [2.45, 2.75) is 97.8 Å². The Morgan fingerprint density at radius 1 is 0.976 bits per heavy atom. The summed E-state index contributed by atoms with van der Waals surface area (Å²) in [5, 5.41) is 5.64. The second-order valence-electron chi connectivity index (χ2n) is 11.4. The molecule has 224 valence electrons. The van der Waals surface area contributed by atoms with E-state index in [1.807, 2.05) is 62.4 Å². The van der Waals surface area contributed by atoms with Gasteiger partial charge in [-0.2, -0.15) is 0 Å². The van der Waals surface area contributed by atoms with Crippen LogP contribution < -0.4 is 16.4 Å². The molecule has 9 nitrogen and oxygen atoms in total. The maximum atomic E-state index is 14.3. The number of nitrogens with two attached hydrogens (primary N) is 1. The highest BCUT2D eigenvalue weighted by Crippen LogP contribution is 2.27. The number of para-hydroxylation sites is 1. The number of primary amides is 1. The van der Waals surface area contributed by atoms with Crippen molar-refractivity contribution in [3.63, 3.8) is 0 Å². The number of alkyl carbamates (subject to hydrolysis) is 1. The maximum absolute atomic E-state index is 14.3. The first-order valence-corrected chi connectivity index (χ1v) is 14.3. The Bertz CT molecular complexity index is 1190. The van der Waals surface area contributed by atoms with Gasteiger partial charge in [-0.15, -0.1) is 0 Å². The minimum Gasteiger partial charge on any atom is -0.444 e. The van der Waals surface area contributed by atoms with E-state index in [0.29, 0.717) is 17.7 Å². The summed E-state index contributed by atoms with van der Waals surface area (Å²) in [6.45, 7) is 11.4. The Morgan fingerprint density at radius 2 is 1.68 bits per heavy atom. The molecule has 0 heterocycles. The molecular formula is C32H46N4O5. The molecule has 0 bridgehead atoms. The number of nitrogens with zero attached hydrogens (tertiary/aromatic N) is 1. The van der Waals surface area contributed by atoms with Crippen LogP contribution in [-0.4, -0.2) is 46.9 Å². The Hall–Kier alpha value is -3.88. The average molecular weight is 567 g/mol. The van der Waals surface area contributed by atoms with Gasteiger partial charge in [0.1, 0.15) is 17.7 Å². The number of nitrogens with one attached hydrogen (secondary N) is 2. The SMILES string of the molecule is CCCCCCN(C(=O)C(CCC(N)=O)NC(=O)OC(C)(C)C)C(C(=O)Nc1ccccc1C)c1cccc(C)c1. The van der Waals surface area contributed by atoms with Gasteiger partial charge in [-0.3, -0.25) is 14.4 Å². The quantitative estimate of drug-likeness (QED) is 0.258. The first-order valence-electron chi connectivity index (χ1n) is 14.3. The molecule has 2 unspecified atom stereocenters. The van der Waals surface area contributed by atoms with Gasteiger partial charge < -0.3 is 26.0 Å². The molecule has 2 aromatic carbocycles. The fourth-order valence-electron chi connectivity index (χ4n) is 4.50. The van der Waals surface area contributed by atoms with Gasteiger partial charge >= 0.3 is 6.09 Å². The molecule has 0 aliphatic heterocycles. The lowest BCUT2D eigenvalue weighted by Gasteiger charge is -2.35. The standard InChI is InChI=1S/C32H46N4O5/c1-7-8-9-12-20-36(30(39)26(18-19-27(33)37)35-31(40)41-32(4,5)6)28(24-16-13-14-22(2)21-24)29(38)34-25-17-11-10-15-23(25)3/h10-11,13-17,21,26,28H,7-9,12,18-20H2,1-6H3,(H2,33,37)(H,34,38)(H,35,40). The van der Waals surface area contributed by atoms with Crippen LogP contribution in [0.4, 0.5) is 10.5 Å². The molecule has 41 heavy (non-hydrogen) atoms. The zero-order valence-corrected chi connectivity index (χ0v) is 25.3. The first-order chi connectivity index (χ1) is 19.3. The number of carbonyl (C=O) groups is 4. The van der Waals surface area contributed by atoms with E-state index in [1.54, 1.807) is 20.8 Å². The van der Waals surface area contributed by atoms with Crippen LogP contribution in [0.15, 0.2) is 48.5 Å². The van der Waals surface area contributed by atoms with Crippen LogP contribution in [0.1, 0.15) is 89.0 Å². The Labute approximate surface area is 244 Å². The number of hydrogen-bond acceptors (Lipinski definition) is 5. The van der Waals surface area contributed by atoms with E-state index in [1.165, 1.54) is 4.90 Å². The number of anilines is 1. The topological polar surface area (TPSA) is 131 Å². The van der Waals surface area contributed by atoms with Gasteiger partial charge in [-0.25, -0.2) is 4.79 Å². The molecule has 0 radical (unpaired) electrons. The summed E-state index contributed by atoms with van der Waals surface area (Å²) in [7, 11) is 0. The van der Waals surface area contributed by atoms with Crippen LogP contribution in [0.3, 0.4) is 0 Å². The number of benzene rings is 2. The van der Waals surface area contributed by atoms with E-state index >= 15 is 0 Å². The third-order valence-corrected chi connectivity index (χ3v) is 6.52. The van der Waals surface area contributed by atoms with E-state index in [-0.39, 0.29) is 25.3 Å². The molecule has 2 rings (SSSR count). The van der Waals surface area contributed by atoms with E-state index in [0.717, 1.165) is 30.4 Å². The van der Waals surface area contributed by atoms with Crippen LogP contribution in [0, 0.1) is 13.8 Å². The van der Waals surface area contributed by atoms with Gasteiger partial charge in [0.15, 0.2) is 0 Å². The highest BCUT2D eigenvalue weighted by atomic mass is 16.6. The molecule has 0 aliphatic rings. The molecule has 0 saturated heterocycles. The highest BCUT2D eigenvalue weighted by Gasteiger charge is 2.36. The average Bonchev–Trinajstić information content (AvgIpc) is 2.88. The molecular weight excluding hydrogens is 520 g/mol. The number of carbonyl (C=O) groups excluding carboxylic acids is 4. The molecule has 0 saturated carbocycles. The minimum atomic E-state index is -1.12. The number of hydrogen-bond donors (Lipinski definition) is 3. The third-order valence-electron chi connectivity index (χ3n) is 6.52. The van der Waals surface area contributed by atoms with Crippen LogP contribution in [0.5, 0.6) is 0 Å². The minimum absolute atomic E-state index is 0.0289. The molecule has 2 atom stereocenters. The fraction of sp³-hybridized carbons (Fsp3) is 0.500. The second-order valence-corrected chi connectivity index (χ2v) is 11.4. The lowest BCUT2D eigenvalue weighted by molar-refractivity contribution is -0.141. The predicted octanol–water partition coefficient (Wildman–Crippen LogP) is 5.55. The largest absolute Gasteiger partial charge is 0.444 e. The Kier molecular flexibility index (Phi) is 12.8. The van der Waals surface area contributed by atoms with Gasteiger partial charge in [-0.05, 0) is 64.7 Å². The normalized spacial score (nSPS) is 12.6. The van der Waals surface area contributed by atoms with E-state index < -0.39 is 35.6 Å². The van der Waals surface area contributed by atoms with Crippen molar-refractivity contribution in [3.8, 4) is 0 Å². The predicted molar refractivity (Wildman–Crippen MR) is 161 cm³/mol. The van der Waals surface area contributed by atoms with Crippen molar-refractivity contribution in [1.29, 1.82) is 0 Å². The number of aryl methyl sites for hydroxylation is 2. The summed E-state index contributed by atoms with van der Waals surface area (Å²) in [5.74, 6) is -1.46. The van der Waals surface area contributed by atoms with Gasteiger partial charge in [-0.1, -0.05) is 74.2 Å². The molecule has 0 aromatic heterocycles. The lowest BCUT2D eigenvalue weighted by atomic mass is 9.99. The summed E-state index contributed by atoms with van der Waals surface area (Å²) < 4.78 is 5.40. The Balaban J connectivity index is 2.55. The van der Waals surface area contributed by atoms with Crippen LogP contribution >= 0.6 is 0 Å². The lowest BCUT2D eigenvalue weighted by Crippen LogP contribution is -2.52. The van der Waals surface area contributed by atoms with Gasteiger partial charge in [0, 0.05) is 18.7 Å². The van der Waals surface area contributed by atoms with Gasteiger partial charge in [0.05, 0.1) is 0 Å². The summed E-state index contributed by atoms with van der Waals surface area (Å²) in [5.41, 5.74) is 7.72. The number of unbranched alkanes of at least 4 members (excludes halogenated alkanes) is 3. The van der Waals surface area contributed by atoms with Crippen molar-refractivity contribution in [1.82, 2.24) is 10.2 Å². The smallest absolute Gasteiger partial charge is 0.408 e. The number of ether oxygens (including phenoxy) is 1. The molecule has 4 amide bonds. The van der Waals surface area contributed by atoms with Gasteiger partial charge in [0.2, 0.25) is 11.8 Å². The monoisotopic (exact) mass is 566 g/mol. The molecule has 0 fully saturated rings. The fourth-order valence-corrected chi connectivity index (χ4v) is 4.50. The number of rotatable bonds is 14. The second kappa shape index (κ2) is 15.8. The summed E-state index contributed by atoms with van der Waals surface area (Å²) in [4.78, 5) is 54.2.